The van der Waals surface area contributed by atoms with Crippen molar-refractivity contribution in [2.24, 2.45) is 5.41 Å². The molecule has 19 rings (SSSR count). The van der Waals surface area contributed by atoms with Crippen molar-refractivity contribution < 1.29 is 4.74 Å². The van der Waals surface area contributed by atoms with Gasteiger partial charge >= 0.3 is 0 Å². The molecule has 8 aliphatic rings. The molecule has 1 aliphatic heterocycles. The molecule has 11 aromatic rings. The number of aromatic nitrogens is 3. The van der Waals surface area contributed by atoms with Crippen LogP contribution < -0.4 is 0 Å². The normalized spacial score (nSPS) is 16.1. The van der Waals surface area contributed by atoms with E-state index in [0.717, 1.165) is 30.7 Å². The zero-order valence-corrected chi connectivity index (χ0v) is 62.5. The van der Waals surface area contributed by atoms with E-state index in [-0.39, 0.29) is 21.7 Å². The van der Waals surface area contributed by atoms with E-state index in [4.69, 9.17) is 4.74 Å². The summed E-state index contributed by atoms with van der Waals surface area (Å²) >= 11 is 0. The van der Waals surface area contributed by atoms with Gasteiger partial charge < -0.3 is 4.74 Å². The molecule has 99 heavy (non-hydrogen) atoms. The van der Waals surface area contributed by atoms with Gasteiger partial charge in [-0.25, -0.2) is 15.0 Å². The number of fused-ring (bicyclic) bond motifs is 21. The molecule has 0 spiro atoms. The molecule has 0 unspecified atom stereocenters. The number of hydrogen-bond donors (Lipinski definition) is 0. The van der Waals surface area contributed by atoms with Gasteiger partial charge in [0.15, 0.2) is 0 Å². The van der Waals surface area contributed by atoms with Crippen molar-refractivity contribution in [3.05, 3.63) is 312 Å². The Kier molecular flexibility index (Phi) is 18.5. The first-order valence-electron chi connectivity index (χ1n) is 36.5. The third kappa shape index (κ3) is 12.9. The van der Waals surface area contributed by atoms with Crippen LogP contribution in [0.5, 0.6) is 0 Å². The summed E-state index contributed by atoms with van der Waals surface area (Å²) in [5, 5.41) is 0. The van der Waals surface area contributed by atoms with E-state index in [1.807, 2.05) is 26.8 Å². The maximum Gasteiger partial charge on any atom is 0.129 e. The summed E-state index contributed by atoms with van der Waals surface area (Å²) in [7, 11) is 0. The van der Waals surface area contributed by atoms with Crippen molar-refractivity contribution in [1.29, 1.82) is 0 Å². The molecule has 2 heterocycles. The Labute approximate surface area is 592 Å². The van der Waals surface area contributed by atoms with Gasteiger partial charge in [0.2, 0.25) is 0 Å². The van der Waals surface area contributed by atoms with Crippen molar-refractivity contribution in [2.45, 2.75) is 191 Å². The molecule has 4 heteroatoms. The molecule has 1 saturated heterocycles. The minimum absolute atomic E-state index is 0.0383. The van der Waals surface area contributed by atoms with E-state index in [2.05, 4.69) is 307 Å². The van der Waals surface area contributed by atoms with Crippen molar-refractivity contribution in [1.82, 2.24) is 15.0 Å². The maximum atomic E-state index is 5.20. The average molecular weight is 1300 g/mol. The Hall–Kier alpha value is -8.83. The van der Waals surface area contributed by atoms with Gasteiger partial charge in [0.1, 0.15) is 17.5 Å². The Morgan fingerprint density at radius 2 is 0.566 bits per heavy atom. The van der Waals surface area contributed by atoms with Crippen LogP contribution >= 0.6 is 0 Å². The summed E-state index contributed by atoms with van der Waals surface area (Å²) in [4.78, 5) is 12.0. The quantitative estimate of drug-likeness (QED) is 0.173. The van der Waals surface area contributed by atoms with Gasteiger partial charge in [-0.05, 0) is 225 Å². The Bertz CT molecular complexity index is 4340. The minimum atomic E-state index is -0.0383. The van der Waals surface area contributed by atoms with E-state index >= 15 is 0 Å². The number of ether oxygens (including phenoxy) is 1. The molecule has 0 N–H and O–H groups in total. The van der Waals surface area contributed by atoms with Gasteiger partial charge in [-0.15, -0.1) is 0 Å². The van der Waals surface area contributed by atoms with E-state index in [1.54, 1.807) is 33.4 Å². The molecule has 0 amide bonds. The second-order valence-corrected chi connectivity index (χ2v) is 32.7. The largest absolute Gasteiger partial charge is 0.380 e. The van der Waals surface area contributed by atoms with Gasteiger partial charge in [-0.2, -0.15) is 0 Å². The summed E-state index contributed by atoms with van der Waals surface area (Å²) in [6.07, 6.45) is 8.36. The highest BCUT2D eigenvalue weighted by atomic mass is 16.5. The molecule has 7 aliphatic carbocycles. The third-order valence-corrected chi connectivity index (χ3v) is 22.0. The van der Waals surface area contributed by atoms with Crippen LogP contribution in [0.4, 0.5) is 0 Å². The molecule has 504 valence electrons. The maximum absolute atomic E-state index is 5.20. The highest BCUT2D eigenvalue weighted by molar-refractivity contribution is 6.04. The minimum Gasteiger partial charge on any atom is -0.380 e. The highest BCUT2D eigenvalue weighted by Gasteiger charge is 2.52. The smallest absolute Gasteiger partial charge is 0.129 e. The zero-order chi connectivity index (χ0) is 70.1. The van der Waals surface area contributed by atoms with E-state index < -0.39 is 0 Å². The van der Waals surface area contributed by atoms with Crippen LogP contribution in [-0.2, 0) is 64.9 Å². The lowest BCUT2D eigenvalue weighted by atomic mass is 9.65. The first-order valence-corrected chi connectivity index (χ1v) is 36.5. The highest BCUT2D eigenvalue weighted by Crippen LogP contribution is 2.67. The number of benzene rings is 10. The van der Waals surface area contributed by atoms with Crippen LogP contribution in [0.3, 0.4) is 0 Å². The second-order valence-electron chi connectivity index (χ2n) is 32.7. The van der Waals surface area contributed by atoms with Crippen molar-refractivity contribution in [2.75, 3.05) is 13.2 Å². The topological polar surface area (TPSA) is 47.9 Å². The van der Waals surface area contributed by atoms with Crippen LogP contribution in [0.15, 0.2) is 194 Å². The Morgan fingerprint density at radius 3 is 0.838 bits per heavy atom. The van der Waals surface area contributed by atoms with Gasteiger partial charge in [0.05, 0.1) is 13.2 Å². The molecule has 4 nitrogen and oxygen atoms in total. The van der Waals surface area contributed by atoms with Crippen LogP contribution in [-0.4, -0.2) is 28.2 Å². The molecular weight excluding hydrogens is 1200 g/mol. The van der Waals surface area contributed by atoms with E-state index in [0.29, 0.717) is 11.3 Å². The molecule has 0 atom stereocenters. The lowest BCUT2D eigenvalue weighted by Gasteiger charge is -2.40. The Balaban J connectivity index is 0.000000113. The van der Waals surface area contributed by atoms with Gasteiger partial charge in [0, 0.05) is 27.6 Å². The number of hydrogen-bond acceptors (Lipinski definition) is 4. The summed E-state index contributed by atoms with van der Waals surface area (Å²) in [5.74, 6) is 2.99. The average Bonchev–Trinajstić information content (AvgIpc) is 1.50. The monoisotopic (exact) mass is 1300 g/mol. The summed E-state index contributed by atoms with van der Waals surface area (Å²) in [6, 6.07) is 70.8. The predicted molar refractivity (Wildman–Crippen MR) is 417 cm³/mol. The fourth-order valence-corrected chi connectivity index (χ4v) is 17.4. The molecule has 0 radical (unpaired) electrons. The lowest BCUT2D eigenvalue weighted by molar-refractivity contribution is 0.00843. The fraction of sp³-hybridized carbons (Fsp3) is 0.337. The van der Waals surface area contributed by atoms with E-state index in [1.165, 1.54) is 161 Å². The van der Waals surface area contributed by atoms with Crippen molar-refractivity contribution in [3.63, 3.8) is 0 Å². The third-order valence-electron chi connectivity index (χ3n) is 22.0. The first-order chi connectivity index (χ1) is 47.1. The fourth-order valence-electron chi connectivity index (χ4n) is 17.4. The SMILES string of the molecule is C1Cc2c1c1c(c3c2CC3)CC1.CC(C)(C)C.CC1(C)c2ccccc2-c2c1c1c(c3c2C(C)(C)c2ccccc2-3)C(C)(C)c2ccccc2-1.CC1(C)c2ccccc2-c2ccccc21.Cc1cc(C)cc(C)c1.Cc1nc(C)nc(C)n1.c1ccc(-c2ccc(C3COC3)cc2)cc1. The zero-order valence-electron chi connectivity index (χ0n) is 62.5. The molecule has 10 aromatic carbocycles. The Morgan fingerprint density at radius 1 is 0.313 bits per heavy atom. The molecule has 0 bridgehead atoms. The van der Waals surface area contributed by atoms with Gasteiger partial charge in [0.25, 0.3) is 0 Å². The molecular formula is C95H103N3O. The van der Waals surface area contributed by atoms with E-state index in [9.17, 15) is 0 Å². The summed E-state index contributed by atoms with van der Waals surface area (Å²) < 4.78 is 5.20. The number of rotatable bonds is 2. The summed E-state index contributed by atoms with van der Waals surface area (Å²) in [6.45, 7) is 41.7. The molecule has 0 saturated carbocycles. The standard InChI is InChI=1S/C33H30.C15H14O.C15H14.C12H12.C9H12.C6H9N3.C5H12/c1-31(2)22-16-10-7-13-19(22)25-28(31)26-20-14-8-11-17-23(20)32(3,4)30(26)27-21-15-9-12-18-24(21)33(5,6)29(25)27;1-2-4-12(5-3-1)13-6-8-14(9-7-13)15-10-16-11-15;1-15(2)13-9-5-3-7-11(13)12-8-4-6-10-14(12)15;1-2-8-7(1)9-3-4-11(9)12-6-5-10(8)12;1-7-4-8(2)6-9(3)5-7;1-4-7-5(2)9-6(3)8-4;1-5(2,3)4/h7-18H,1-6H3;1-9,15H,10-11H2;3-10H,1-2H3;1-6H2;4-6H,1-3H3;1-3H3;1-4H3. The number of aryl methyl sites for hydroxylation is 6. The van der Waals surface area contributed by atoms with Crippen LogP contribution in [0.25, 0.3) is 55.6 Å². The predicted octanol–water partition coefficient (Wildman–Crippen LogP) is 23.5. The second kappa shape index (κ2) is 26.7. The van der Waals surface area contributed by atoms with Crippen LogP contribution in [0.2, 0.25) is 0 Å². The van der Waals surface area contributed by atoms with Crippen LogP contribution in [0, 0.1) is 47.0 Å². The van der Waals surface area contributed by atoms with Crippen LogP contribution in [0.1, 0.15) is 207 Å². The first kappa shape index (κ1) is 68.7. The van der Waals surface area contributed by atoms with Crippen molar-refractivity contribution in [3.8, 4) is 55.6 Å². The molecule has 1 aromatic heterocycles. The van der Waals surface area contributed by atoms with Gasteiger partial charge in [-0.1, -0.05) is 294 Å². The number of nitrogens with zero attached hydrogens (tertiary/aromatic N) is 3. The molecule has 1 fully saturated rings. The van der Waals surface area contributed by atoms with Gasteiger partial charge in [-0.3, -0.25) is 0 Å². The van der Waals surface area contributed by atoms with Crippen molar-refractivity contribution >= 4 is 0 Å². The summed E-state index contributed by atoms with van der Waals surface area (Å²) in [5.41, 5.74) is 42.7. The lowest BCUT2D eigenvalue weighted by Crippen LogP contribution is -2.30.